The van der Waals surface area contributed by atoms with Gasteiger partial charge in [0.25, 0.3) is 0 Å². The molecule has 1 heterocycles. The Bertz CT molecular complexity index is 441. The van der Waals surface area contributed by atoms with Gasteiger partial charge in [0.2, 0.25) is 0 Å². The highest BCUT2D eigenvalue weighted by Gasteiger charge is 2.11. The van der Waals surface area contributed by atoms with Gasteiger partial charge in [0.15, 0.2) is 6.29 Å². The number of hydrogen-bond acceptors (Lipinski definition) is 3. The van der Waals surface area contributed by atoms with Crippen molar-refractivity contribution in [2.75, 3.05) is 13.2 Å². The van der Waals surface area contributed by atoms with E-state index in [0.717, 1.165) is 16.5 Å². The predicted octanol–water partition coefficient (Wildman–Crippen LogP) is 3.50. The Morgan fingerprint density at radius 1 is 1.12 bits per heavy atom. The first-order valence-corrected chi connectivity index (χ1v) is 5.55. The van der Waals surface area contributed by atoms with Crippen molar-refractivity contribution in [3.63, 3.8) is 0 Å². The molecule has 0 amide bonds. The van der Waals surface area contributed by atoms with Gasteiger partial charge in [-0.2, -0.15) is 0 Å². The zero-order chi connectivity index (χ0) is 11.4. The maximum absolute atomic E-state index is 5.54. The van der Waals surface area contributed by atoms with E-state index in [1.165, 1.54) is 0 Å². The van der Waals surface area contributed by atoms with E-state index in [0.29, 0.717) is 13.2 Å². The molecule has 0 aliphatic rings. The first kappa shape index (κ1) is 11.2. The highest BCUT2D eigenvalue weighted by atomic mass is 16.7. The lowest BCUT2D eigenvalue weighted by Gasteiger charge is -2.17. The molecule has 0 atom stereocenters. The maximum Gasteiger partial charge on any atom is 0.183 e. The Kier molecular flexibility index (Phi) is 3.59. The summed E-state index contributed by atoms with van der Waals surface area (Å²) in [6.07, 6.45) is 1.40. The summed E-state index contributed by atoms with van der Waals surface area (Å²) in [6, 6.07) is 7.89. The molecule has 3 nitrogen and oxygen atoms in total. The van der Waals surface area contributed by atoms with E-state index < -0.39 is 0 Å². The van der Waals surface area contributed by atoms with Gasteiger partial charge in [-0.25, -0.2) is 0 Å². The van der Waals surface area contributed by atoms with Gasteiger partial charge in [-0.15, -0.1) is 0 Å². The van der Waals surface area contributed by atoms with Crippen molar-refractivity contribution in [3.8, 4) is 0 Å². The van der Waals surface area contributed by atoms with Crippen molar-refractivity contribution in [1.82, 2.24) is 0 Å². The SMILES string of the molecule is CCOC(OCC)c1ccc2occc2c1. The Labute approximate surface area is 95.0 Å². The third-order valence-electron chi connectivity index (χ3n) is 2.38. The predicted molar refractivity (Wildman–Crippen MR) is 62.2 cm³/mol. The van der Waals surface area contributed by atoms with Crippen LogP contribution < -0.4 is 0 Å². The molecule has 2 aromatic rings. The lowest BCUT2D eigenvalue weighted by Crippen LogP contribution is -2.08. The Morgan fingerprint density at radius 3 is 2.56 bits per heavy atom. The van der Waals surface area contributed by atoms with Crippen LogP contribution in [0.3, 0.4) is 0 Å². The van der Waals surface area contributed by atoms with Crippen molar-refractivity contribution in [1.29, 1.82) is 0 Å². The fourth-order valence-electron chi connectivity index (χ4n) is 1.68. The first-order chi connectivity index (χ1) is 7.85. The van der Waals surface area contributed by atoms with E-state index in [1.807, 2.05) is 38.1 Å². The second-order valence-electron chi connectivity index (χ2n) is 3.46. The third kappa shape index (κ3) is 2.26. The Morgan fingerprint density at radius 2 is 1.88 bits per heavy atom. The molecule has 0 saturated heterocycles. The molecule has 0 fully saturated rings. The molecule has 1 aromatic heterocycles. The van der Waals surface area contributed by atoms with Crippen LogP contribution in [-0.2, 0) is 9.47 Å². The molecular weight excluding hydrogens is 204 g/mol. The van der Waals surface area contributed by atoms with Crippen molar-refractivity contribution >= 4 is 11.0 Å². The molecule has 0 saturated carbocycles. The normalized spacial score (nSPS) is 11.4. The summed E-state index contributed by atoms with van der Waals surface area (Å²) in [5.74, 6) is 0. The number of rotatable bonds is 5. The molecule has 0 N–H and O–H groups in total. The highest BCUT2D eigenvalue weighted by molar-refractivity contribution is 5.77. The Hall–Kier alpha value is -1.32. The molecule has 0 spiro atoms. The van der Waals surface area contributed by atoms with Gasteiger partial charge in [-0.1, -0.05) is 6.07 Å². The highest BCUT2D eigenvalue weighted by Crippen LogP contribution is 2.24. The van der Waals surface area contributed by atoms with Crippen LogP contribution in [-0.4, -0.2) is 13.2 Å². The van der Waals surface area contributed by atoms with Gasteiger partial charge in [0, 0.05) is 24.2 Å². The molecule has 0 aliphatic carbocycles. The van der Waals surface area contributed by atoms with Crippen molar-refractivity contribution in [3.05, 3.63) is 36.1 Å². The van der Waals surface area contributed by atoms with Crippen molar-refractivity contribution < 1.29 is 13.9 Å². The first-order valence-electron chi connectivity index (χ1n) is 5.55. The van der Waals surface area contributed by atoms with E-state index in [1.54, 1.807) is 6.26 Å². The smallest absolute Gasteiger partial charge is 0.183 e. The minimum absolute atomic E-state index is 0.283. The molecule has 2 rings (SSSR count). The molecule has 0 aliphatic heterocycles. The maximum atomic E-state index is 5.54. The summed E-state index contributed by atoms with van der Waals surface area (Å²) in [4.78, 5) is 0. The van der Waals surface area contributed by atoms with E-state index in [9.17, 15) is 0 Å². The average molecular weight is 220 g/mol. The number of furan rings is 1. The minimum Gasteiger partial charge on any atom is -0.464 e. The number of ether oxygens (including phenoxy) is 2. The number of hydrogen-bond donors (Lipinski definition) is 0. The summed E-state index contributed by atoms with van der Waals surface area (Å²) in [6.45, 7) is 5.19. The summed E-state index contributed by atoms with van der Waals surface area (Å²) >= 11 is 0. The van der Waals surface area contributed by atoms with E-state index in [4.69, 9.17) is 13.9 Å². The molecule has 1 aromatic carbocycles. The van der Waals surface area contributed by atoms with Crippen LogP contribution in [0.25, 0.3) is 11.0 Å². The summed E-state index contributed by atoms with van der Waals surface area (Å²) in [5, 5.41) is 1.07. The monoisotopic (exact) mass is 220 g/mol. The Balaban J connectivity index is 2.28. The molecule has 16 heavy (non-hydrogen) atoms. The number of benzene rings is 1. The second-order valence-corrected chi connectivity index (χ2v) is 3.46. The zero-order valence-corrected chi connectivity index (χ0v) is 9.60. The standard InChI is InChI=1S/C13H16O3/c1-3-14-13(15-4-2)11-5-6-12-10(9-11)7-8-16-12/h5-9,13H,3-4H2,1-2H3. The van der Waals surface area contributed by atoms with Crippen LogP contribution >= 0.6 is 0 Å². The molecule has 86 valence electrons. The summed E-state index contributed by atoms with van der Waals surface area (Å²) < 4.78 is 16.4. The summed E-state index contributed by atoms with van der Waals surface area (Å²) in [7, 11) is 0. The van der Waals surface area contributed by atoms with Crippen LogP contribution in [0.5, 0.6) is 0 Å². The molecular formula is C13H16O3. The van der Waals surface area contributed by atoms with Crippen LogP contribution in [0.4, 0.5) is 0 Å². The topological polar surface area (TPSA) is 31.6 Å². The zero-order valence-electron chi connectivity index (χ0n) is 9.60. The molecule has 3 heteroatoms. The molecule has 0 radical (unpaired) electrons. The average Bonchev–Trinajstić information content (AvgIpc) is 2.75. The third-order valence-corrected chi connectivity index (χ3v) is 2.38. The van der Waals surface area contributed by atoms with E-state index >= 15 is 0 Å². The van der Waals surface area contributed by atoms with Gasteiger partial charge >= 0.3 is 0 Å². The molecule has 0 bridgehead atoms. The second kappa shape index (κ2) is 5.14. The number of fused-ring (bicyclic) bond motifs is 1. The van der Waals surface area contributed by atoms with Gasteiger partial charge in [0.1, 0.15) is 5.58 Å². The fourth-order valence-corrected chi connectivity index (χ4v) is 1.68. The van der Waals surface area contributed by atoms with E-state index in [2.05, 4.69) is 0 Å². The van der Waals surface area contributed by atoms with Gasteiger partial charge in [-0.05, 0) is 32.0 Å². The van der Waals surface area contributed by atoms with Gasteiger partial charge in [0.05, 0.1) is 6.26 Å². The largest absolute Gasteiger partial charge is 0.464 e. The quantitative estimate of drug-likeness (QED) is 0.723. The summed E-state index contributed by atoms with van der Waals surface area (Å²) in [5.41, 5.74) is 1.91. The van der Waals surface area contributed by atoms with Crippen LogP contribution in [0.15, 0.2) is 34.9 Å². The molecule has 0 unspecified atom stereocenters. The van der Waals surface area contributed by atoms with Gasteiger partial charge in [-0.3, -0.25) is 0 Å². The van der Waals surface area contributed by atoms with E-state index in [-0.39, 0.29) is 6.29 Å². The van der Waals surface area contributed by atoms with Crippen molar-refractivity contribution in [2.45, 2.75) is 20.1 Å². The lowest BCUT2D eigenvalue weighted by atomic mass is 10.1. The lowest BCUT2D eigenvalue weighted by molar-refractivity contribution is -0.140. The van der Waals surface area contributed by atoms with Crippen LogP contribution in [0.1, 0.15) is 25.7 Å². The fraction of sp³-hybridized carbons (Fsp3) is 0.385. The van der Waals surface area contributed by atoms with Crippen LogP contribution in [0, 0.1) is 0 Å². The van der Waals surface area contributed by atoms with Crippen molar-refractivity contribution in [2.24, 2.45) is 0 Å². The van der Waals surface area contributed by atoms with Gasteiger partial charge < -0.3 is 13.9 Å². The van der Waals surface area contributed by atoms with Crippen LogP contribution in [0.2, 0.25) is 0 Å². The minimum atomic E-state index is -0.283.